The summed E-state index contributed by atoms with van der Waals surface area (Å²) in [5.41, 5.74) is 0.325. The van der Waals surface area contributed by atoms with Crippen molar-refractivity contribution in [1.29, 1.82) is 0 Å². The lowest BCUT2D eigenvalue weighted by Gasteiger charge is -2.28. The molecule has 0 saturated heterocycles. The van der Waals surface area contributed by atoms with Gasteiger partial charge < -0.3 is 0 Å². The van der Waals surface area contributed by atoms with Crippen molar-refractivity contribution in [2.75, 3.05) is 0 Å². The van der Waals surface area contributed by atoms with Gasteiger partial charge in [-0.25, -0.2) is 0 Å². The fourth-order valence-corrected chi connectivity index (χ4v) is 2.18. The van der Waals surface area contributed by atoms with Crippen LogP contribution in [0.15, 0.2) is 11.6 Å². The molecule has 0 N–H and O–H groups in total. The highest BCUT2D eigenvalue weighted by molar-refractivity contribution is 9.12. The second-order valence-corrected chi connectivity index (χ2v) is 6.35. The molecule has 0 bridgehead atoms. The van der Waals surface area contributed by atoms with Crippen molar-refractivity contribution in [3.8, 4) is 0 Å². The van der Waals surface area contributed by atoms with Crippen molar-refractivity contribution in [2.24, 2.45) is 5.41 Å². The Hall–Kier alpha value is 0.0400. The molecule has 14 heavy (non-hydrogen) atoms. The molecule has 0 aromatic heterocycles. The molecule has 2 unspecified atom stereocenters. The number of carbonyl (C=O) groups is 2. The maximum atomic E-state index is 11.8. The Morgan fingerprint density at radius 1 is 1.14 bits per heavy atom. The van der Waals surface area contributed by atoms with Crippen LogP contribution < -0.4 is 0 Å². The van der Waals surface area contributed by atoms with Gasteiger partial charge in [-0.1, -0.05) is 52.6 Å². The average molecular weight is 324 g/mol. The third kappa shape index (κ3) is 2.16. The molecule has 0 radical (unpaired) electrons. The molecule has 0 heterocycles. The van der Waals surface area contributed by atoms with Crippen molar-refractivity contribution in [2.45, 2.75) is 30.4 Å². The molecular formula is C10H12Br2O2. The first kappa shape index (κ1) is 12.1. The molecule has 1 aliphatic carbocycles. The fraction of sp³-hybridized carbons (Fsp3) is 0.600. The molecule has 0 spiro atoms. The SMILES string of the molecule is CC(C)(C)C1=CC(=O)C(Br)C(Br)C1=O. The van der Waals surface area contributed by atoms with E-state index in [9.17, 15) is 9.59 Å². The molecule has 78 valence electrons. The molecule has 0 aromatic carbocycles. The summed E-state index contributed by atoms with van der Waals surface area (Å²) in [4.78, 5) is 22.5. The lowest BCUT2D eigenvalue weighted by atomic mass is 9.79. The number of allylic oxidation sites excluding steroid dienone is 2. The van der Waals surface area contributed by atoms with Crippen molar-refractivity contribution < 1.29 is 9.59 Å². The number of Topliss-reactive ketones (excluding diaryl/α,β-unsaturated/α-hetero) is 1. The van der Waals surface area contributed by atoms with Gasteiger partial charge in [-0.3, -0.25) is 9.59 Å². The van der Waals surface area contributed by atoms with Crippen LogP contribution in [-0.4, -0.2) is 21.2 Å². The van der Waals surface area contributed by atoms with E-state index in [2.05, 4.69) is 31.9 Å². The first-order valence-corrected chi connectivity index (χ1v) is 6.16. The van der Waals surface area contributed by atoms with Gasteiger partial charge in [-0.15, -0.1) is 0 Å². The monoisotopic (exact) mass is 322 g/mol. The summed E-state index contributed by atoms with van der Waals surface area (Å²) in [6, 6.07) is 0. The summed E-state index contributed by atoms with van der Waals surface area (Å²) in [7, 11) is 0. The molecule has 0 amide bonds. The van der Waals surface area contributed by atoms with Crippen molar-refractivity contribution in [3.05, 3.63) is 11.6 Å². The van der Waals surface area contributed by atoms with E-state index in [1.807, 2.05) is 20.8 Å². The maximum absolute atomic E-state index is 11.8. The van der Waals surface area contributed by atoms with Crippen molar-refractivity contribution >= 4 is 43.4 Å². The van der Waals surface area contributed by atoms with Gasteiger partial charge in [-0.2, -0.15) is 0 Å². The summed E-state index contributed by atoms with van der Waals surface area (Å²) < 4.78 is 0. The number of hydrogen-bond donors (Lipinski definition) is 0. The number of halogens is 2. The summed E-state index contributed by atoms with van der Waals surface area (Å²) in [6.45, 7) is 5.79. The standard InChI is InChI=1S/C10H12Br2O2/c1-10(2,3)5-4-6(13)7(11)8(12)9(5)14/h4,7-8H,1-3H3. The van der Waals surface area contributed by atoms with Gasteiger partial charge in [0.15, 0.2) is 11.6 Å². The van der Waals surface area contributed by atoms with Crippen LogP contribution in [-0.2, 0) is 9.59 Å². The third-order valence-electron chi connectivity index (χ3n) is 2.14. The van der Waals surface area contributed by atoms with Gasteiger partial charge in [-0.05, 0) is 11.5 Å². The Bertz CT molecular complexity index is 313. The Morgan fingerprint density at radius 3 is 2.07 bits per heavy atom. The van der Waals surface area contributed by atoms with E-state index >= 15 is 0 Å². The summed E-state index contributed by atoms with van der Waals surface area (Å²) in [5.74, 6) is -0.0459. The molecule has 2 atom stereocenters. The normalized spacial score (nSPS) is 29.1. The van der Waals surface area contributed by atoms with Gasteiger partial charge in [0.2, 0.25) is 0 Å². The number of carbonyl (C=O) groups excluding carboxylic acids is 2. The third-order valence-corrected chi connectivity index (χ3v) is 4.77. The highest BCUT2D eigenvalue weighted by Crippen LogP contribution is 2.34. The zero-order valence-corrected chi connectivity index (χ0v) is 11.5. The first-order chi connectivity index (χ1) is 6.25. The van der Waals surface area contributed by atoms with E-state index in [1.54, 1.807) is 0 Å². The number of alkyl halides is 2. The molecule has 0 fully saturated rings. The lowest BCUT2D eigenvalue weighted by molar-refractivity contribution is -0.121. The van der Waals surface area contributed by atoms with E-state index in [0.717, 1.165) is 0 Å². The highest BCUT2D eigenvalue weighted by atomic mass is 79.9. The number of rotatable bonds is 0. The predicted octanol–water partition coefficient (Wildman–Crippen LogP) is 2.64. The minimum absolute atomic E-state index is 0.000949. The lowest BCUT2D eigenvalue weighted by Crippen LogP contribution is -2.39. The Kier molecular flexibility index (Phi) is 3.37. The second-order valence-electron chi connectivity index (χ2n) is 4.38. The molecular weight excluding hydrogens is 312 g/mol. The Morgan fingerprint density at radius 2 is 1.64 bits per heavy atom. The summed E-state index contributed by atoms with van der Waals surface area (Å²) in [5, 5.41) is 0. The highest BCUT2D eigenvalue weighted by Gasteiger charge is 2.39. The molecule has 1 rings (SSSR count). The minimum Gasteiger partial charge on any atom is -0.294 e. The second kappa shape index (κ2) is 3.89. The zero-order valence-electron chi connectivity index (χ0n) is 8.30. The van der Waals surface area contributed by atoms with E-state index in [4.69, 9.17) is 0 Å². The summed E-state index contributed by atoms with van der Waals surface area (Å²) >= 11 is 6.43. The van der Waals surface area contributed by atoms with Crippen molar-refractivity contribution in [3.63, 3.8) is 0 Å². The quantitative estimate of drug-likeness (QED) is 0.642. The molecule has 2 nitrogen and oxygen atoms in total. The van der Waals surface area contributed by atoms with Crippen LogP contribution in [0.1, 0.15) is 20.8 Å². The first-order valence-electron chi connectivity index (χ1n) is 4.33. The number of hydrogen-bond acceptors (Lipinski definition) is 2. The largest absolute Gasteiger partial charge is 0.294 e. The van der Waals surface area contributed by atoms with Crippen LogP contribution in [0.2, 0.25) is 0 Å². The van der Waals surface area contributed by atoms with Crippen LogP contribution in [0.5, 0.6) is 0 Å². The van der Waals surface area contributed by atoms with Gasteiger partial charge in [0.1, 0.15) is 0 Å². The average Bonchev–Trinajstić information content (AvgIpc) is 2.06. The fourth-order valence-electron chi connectivity index (χ4n) is 1.30. The van der Waals surface area contributed by atoms with E-state index < -0.39 is 9.65 Å². The maximum Gasteiger partial charge on any atom is 0.174 e. The predicted molar refractivity (Wildman–Crippen MR) is 63.0 cm³/mol. The zero-order chi connectivity index (χ0) is 11.1. The molecule has 0 aromatic rings. The minimum atomic E-state index is -0.436. The van der Waals surface area contributed by atoms with Crippen LogP contribution in [0.4, 0.5) is 0 Å². The van der Waals surface area contributed by atoms with Gasteiger partial charge in [0.25, 0.3) is 0 Å². The Labute approximate surface area is 100 Å². The van der Waals surface area contributed by atoms with Gasteiger partial charge >= 0.3 is 0 Å². The van der Waals surface area contributed by atoms with Gasteiger partial charge in [0.05, 0.1) is 9.65 Å². The molecule has 1 aliphatic rings. The molecule has 0 saturated carbocycles. The van der Waals surface area contributed by atoms with Crippen LogP contribution in [0.3, 0.4) is 0 Å². The van der Waals surface area contributed by atoms with Crippen LogP contribution >= 0.6 is 31.9 Å². The van der Waals surface area contributed by atoms with Crippen LogP contribution in [0, 0.1) is 5.41 Å². The molecule has 0 aliphatic heterocycles. The van der Waals surface area contributed by atoms with Crippen molar-refractivity contribution in [1.82, 2.24) is 0 Å². The van der Waals surface area contributed by atoms with E-state index in [1.165, 1.54) is 6.08 Å². The van der Waals surface area contributed by atoms with E-state index in [0.29, 0.717) is 5.57 Å². The summed E-state index contributed by atoms with van der Waals surface area (Å²) in [6.07, 6.45) is 1.46. The van der Waals surface area contributed by atoms with Crippen LogP contribution in [0.25, 0.3) is 0 Å². The van der Waals surface area contributed by atoms with Gasteiger partial charge in [0, 0.05) is 5.57 Å². The Balaban J connectivity index is 3.15. The molecule has 4 heteroatoms. The smallest absolute Gasteiger partial charge is 0.174 e. The topological polar surface area (TPSA) is 34.1 Å². The number of ketones is 2. The van der Waals surface area contributed by atoms with E-state index in [-0.39, 0.29) is 17.0 Å².